The molecule has 0 aliphatic carbocycles. The first kappa shape index (κ1) is 20.8. The van der Waals surface area contributed by atoms with Crippen LogP contribution in [0.1, 0.15) is 17.2 Å². The molecule has 0 spiro atoms. The average Bonchev–Trinajstić information content (AvgIpc) is 3.58. The minimum absolute atomic E-state index is 0.0115. The van der Waals surface area contributed by atoms with Gasteiger partial charge in [-0.3, -0.25) is 14.5 Å². The van der Waals surface area contributed by atoms with E-state index in [4.69, 9.17) is 18.9 Å². The van der Waals surface area contributed by atoms with Crippen molar-refractivity contribution in [2.45, 2.75) is 6.04 Å². The van der Waals surface area contributed by atoms with Crippen LogP contribution in [0.25, 0.3) is 5.76 Å². The van der Waals surface area contributed by atoms with Gasteiger partial charge in [-0.15, -0.1) is 10.2 Å². The van der Waals surface area contributed by atoms with Crippen LogP contribution in [-0.2, 0) is 9.59 Å². The highest BCUT2D eigenvalue weighted by Crippen LogP contribution is 2.48. The second-order valence-corrected chi connectivity index (χ2v) is 7.89. The SMILES string of the molecule is COc1ccc(/C(O)=C2\C(=O)C(=O)N(c3nncs3)C2c2cc(OC)c3c(c2)OCO3)cc1. The van der Waals surface area contributed by atoms with Crippen molar-refractivity contribution in [1.29, 1.82) is 0 Å². The number of ether oxygens (including phenoxy) is 4. The zero-order valence-electron chi connectivity index (χ0n) is 17.5. The van der Waals surface area contributed by atoms with Crippen molar-refractivity contribution in [3.05, 3.63) is 58.6 Å². The van der Waals surface area contributed by atoms with Gasteiger partial charge in [0.05, 0.1) is 25.8 Å². The van der Waals surface area contributed by atoms with E-state index in [1.807, 2.05) is 0 Å². The molecule has 168 valence electrons. The summed E-state index contributed by atoms with van der Waals surface area (Å²) in [6.45, 7) is 0.0115. The minimum Gasteiger partial charge on any atom is -0.507 e. The molecule has 3 heterocycles. The number of methoxy groups -OCH3 is 2. The van der Waals surface area contributed by atoms with E-state index in [-0.39, 0.29) is 23.3 Å². The summed E-state index contributed by atoms with van der Waals surface area (Å²) in [6.07, 6.45) is 0. The monoisotopic (exact) mass is 467 g/mol. The van der Waals surface area contributed by atoms with Gasteiger partial charge >= 0.3 is 5.91 Å². The number of ketones is 1. The number of Topliss-reactive ketones (excluding diaryl/α,β-unsaturated/α-hetero) is 1. The maximum Gasteiger partial charge on any atom is 0.301 e. The van der Waals surface area contributed by atoms with Gasteiger partial charge in [-0.05, 0) is 42.0 Å². The van der Waals surface area contributed by atoms with Gasteiger partial charge in [0.1, 0.15) is 17.0 Å². The summed E-state index contributed by atoms with van der Waals surface area (Å²) < 4.78 is 21.6. The van der Waals surface area contributed by atoms with Gasteiger partial charge in [0, 0.05) is 5.56 Å². The molecule has 1 atom stereocenters. The molecule has 33 heavy (non-hydrogen) atoms. The van der Waals surface area contributed by atoms with Crippen molar-refractivity contribution in [1.82, 2.24) is 10.2 Å². The van der Waals surface area contributed by atoms with Gasteiger partial charge in [-0.1, -0.05) is 11.3 Å². The number of hydrogen-bond acceptors (Lipinski definition) is 10. The van der Waals surface area contributed by atoms with Crippen LogP contribution in [-0.4, -0.2) is 48.0 Å². The Morgan fingerprint density at radius 2 is 1.94 bits per heavy atom. The molecular weight excluding hydrogens is 450 g/mol. The third kappa shape index (κ3) is 3.33. The summed E-state index contributed by atoms with van der Waals surface area (Å²) in [5, 5.41) is 19.1. The lowest BCUT2D eigenvalue weighted by molar-refractivity contribution is -0.132. The molecule has 0 bridgehead atoms. The quantitative estimate of drug-likeness (QED) is 0.343. The van der Waals surface area contributed by atoms with Gasteiger partial charge < -0.3 is 24.1 Å². The number of aliphatic hydroxyl groups is 1. The number of fused-ring (bicyclic) bond motifs is 1. The van der Waals surface area contributed by atoms with E-state index in [2.05, 4.69) is 10.2 Å². The van der Waals surface area contributed by atoms with Crippen molar-refractivity contribution >= 4 is 33.9 Å². The van der Waals surface area contributed by atoms with Crippen molar-refractivity contribution in [3.8, 4) is 23.0 Å². The second-order valence-electron chi connectivity index (χ2n) is 7.08. The number of benzene rings is 2. The van der Waals surface area contributed by atoms with Gasteiger partial charge in [-0.25, -0.2) is 0 Å². The number of hydrogen-bond donors (Lipinski definition) is 1. The summed E-state index contributed by atoms with van der Waals surface area (Å²) in [7, 11) is 3.00. The zero-order valence-corrected chi connectivity index (χ0v) is 18.3. The molecule has 5 rings (SSSR count). The predicted molar refractivity (Wildman–Crippen MR) is 117 cm³/mol. The zero-order chi connectivity index (χ0) is 23.1. The molecule has 0 saturated carbocycles. The van der Waals surface area contributed by atoms with Crippen LogP contribution in [0.4, 0.5) is 5.13 Å². The number of carbonyl (C=O) groups is 2. The third-order valence-electron chi connectivity index (χ3n) is 5.36. The van der Waals surface area contributed by atoms with E-state index in [1.54, 1.807) is 36.4 Å². The standard InChI is InChI=1S/C22H17N3O7S/c1-29-13-5-3-11(4-6-13)18(26)16-17(25(21(28)19(16)27)22-24-23-9-33-22)12-7-14(30-2)20-15(8-12)31-10-32-20/h3-9,17,26H,10H2,1-2H3/b18-16+. The molecule has 1 N–H and O–H groups in total. The summed E-state index contributed by atoms with van der Waals surface area (Å²) >= 11 is 1.10. The molecule has 1 amide bonds. The number of aliphatic hydroxyl groups excluding tert-OH is 1. The second kappa shape index (κ2) is 8.10. The topological polar surface area (TPSA) is 120 Å². The highest BCUT2D eigenvalue weighted by Gasteiger charge is 2.48. The Balaban J connectivity index is 1.72. The number of carbonyl (C=O) groups excluding carboxylic acids is 2. The third-order valence-corrected chi connectivity index (χ3v) is 6.05. The average molecular weight is 467 g/mol. The molecule has 2 aliphatic heterocycles. The highest BCUT2D eigenvalue weighted by atomic mass is 32.1. The Labute approximate surface area is 191 Å². The molecule has 1 aromatic heterocycles. The van der Waals surface area contributed by atoms with Crippen LogP contribution in [0, 0.1) is 0 Å². The fourth-order valence-electron chi connectivity index (χ4n) is 3.83. The molecule has 3 aromatic rings. The fourth-order valence-corrected chi connectivity index (χ4v) is 4.41. The van der Waals surface area contributed by atoms with E-state index in [1.165, 1.54) is 24.6 Å². The maximum absolute atomic E-state index is 13.2. The Morgan fingerprint density at radius 1 is 1.15 bits per heavy atom. The molecule has 0 radical (unpaired) electrons. The molecule has 10 nitrogen and oxygen atoms in total. The van der Waals surface area contributed by atoms with Gasteiger partial charge in [0.2, 0.25) is 17.7 Å². The molecule has 11 heteroatoms. The highest BCUT2D eigenvalue weighted by molar-refractivity contribution is 7.13. The number of nitrogens with zero attached hydrogens (tertiary/aromatic N) is 3. The summed E-state index contributed by atoms with van der Waals surface area (Å²) in [5.41, 5.74) is 2.18. The van der Waals surface area contributed by atoms with Crippen molar-refractivity contribution in [2.75, 3.05) is 25.9 Å². The molecule has 1 unspecified atom stereocenters. The van der Waals surface area contributed by atoms with E-state index >= 15 is 0 Å². The van der Waals surface area contributed by atoms with Crippen LogP contribution in [0.15, 0.2) is 47.5 Å². The fraction of sp³-hybridized carbons (Fsp3) is 0.182. The van der Waals surface area contributed by atoms with Crippen molar-refractivity contribution < 1.29 is 33.6 Å². The smallest absolute Gasteiger partial charge is 0.301 e. The van der Waals surface area contributed by atoms with Crippen LogP contribution in [0.2, 0.25) is 0 Å². The lowest BCUT2D eigenvalue weighted by Crippen LogP contribution is -2.29. The van der Waals surface area contributed by atoms with Crippen LogP contribution in [0.3, 0.4) is 0 Å². The summed E-state index contributed by atoms with van der Waals surface area (Å²) in [5.74, 6) is -0.237. The molecule has 1 saturated heterocycles. The van der Waals surface area contributed by atoms with E-state index in [0.29, 0.717) is 34.1 Å². The van der Waals surface area contributed by atoms with E-state index < -0.39 is 17.7 Å². The molecule has 2 aliphatic rings. The Morgan fingerprint density at radius 3 is 2.61 bits per heavy atom. The molecule has 2 aromatic carbocycles. The van der Waals surface area contributed by atoms with Crippen LogP contribution < -0.4 is 23.8 Å². The van der Waals surface area contributed by atoms with E-state index in [9.17, 15) is 14.7 Å². The number of aromatic nitrogens is 2. The minimum atomic E-state index is -0.997. The van der Waals surface area contributed by atoms with Crippen LogP contribution >= 0.6 is 11.3 Å². The first-order chi connectivity index (χ1) is 16.0. The lowest BCUT2D eigenvalue weighted by Gasteiger charge is -2.23. The first-order valence-corrected chi connectivity index (χ1v) is 10.6. The predicted octanol–water partition coefficient (Wildman–Crippen LogP) is 2.91. The molecular formula is C22H17N3O7S. The number of anilines is 1. The maximum atomic E-state index is 13.2. The Hall–Kier alpha value is -4.12. The van der Waals surface area contributed by atoms with Crippen molar-refractivity contribution in [2.24, 2.45) is 0 Å². The largest absolute Gasteiger partial charge is 0.507 e. The molecule has 1 fully saturated rings. The van der Waals surface area contributed by atoms with Gasteiger partial charge in [-0.2, -0.15) is 0 Å². The number of rotatable bonds is 5. The Bertz CT molecular complexity index is 1270. The summed E-state index contributed by atoms with van der Waals surface area (Å²) in [6, 6.07) is 8.79. The van der Waals surface area contributed by atoms with Crippen LogP contribution in [0.5, 0.6) is 23.0 Å². The Kier molecular flexibility index (Phi) is 5.09. The van der Waals surface area contributed by atoms with Gasteiger partial charge in [0.25, 0.3) is 5.78 Å². The lowest BCUT2D eigenvalue weighted by atomic mass is 9.95. The first-order valence-electron chi connectivity index (χ1n) is 9.72. The summed E-state index contributed by atoms with van der Waals surface area (Å²) in [4.78, 5) is 27.5. The van der Waals surface area contributed by atoms with E-state index in [0.717, 1.165) is 11.3 Å². The number of amides is 1. The van der Waals surface area contributed by atoms with Gasteiger partial charge in [0.15, 0.2) is 11.5 Å². The normalized spacial score (nSPS) is 18.6. The van der Waals surface area contributed by atoms with Crippen molar-refractivity contribution in [3.63, 3.8) is 0 Å².